The largest absolute Gasteiger partial charge is 0.484 e. The fraction of sp³-hybridized carbons (Fsp3) is 0.304. The first-order chi connectivity index (χ1) is 15.8. The summed E-state index contributed by atoms with van der Waals surface area (Å²) >= 11 is 1.29. The molecular weight excluding hydrogens is 462 g/mol. The van der Waals surface area contributed by atoms with Crippen molar-refractivity contribution in [1.82, 2.24) is 9.29 Å². The van der Waals surface area contributed by atoms with E-state index in [1.807, 2.05) is 37.4 Å². The van der Waals surface area contributed by atoms with Crippen molar-refractivity contribution in [1.29, 1.82) is 0 Å². The molecule has 2 heterocycles. The average Bonchev–Trinajstić information content (AvgIpc) is 3.26. The van der Waals surface area contributed by atoms with E-state index in [-0.39, 0.29) is 17.4 Å². The number of thiazole rings is 1. The number of aromatic nitrogens is 1. The van der Waals surface area contributed by atoms with Crippen LogP contribution in [-0.2, 0) is 19.6 Å². The van der Waals surface area contributed by atoms with Crippen molar-refractivity contribution in [2.24, 2.45) is 0 Å². The Morgan fingerprint density at radius 3 is 2.45 bits per heavy atom. The summed E-state index contributed by atoms with van der Waals surface area (Å²) in [5.74, 6) is 0.344. The lowest BCUT2D eigenvalue weighted by Crippen LogP contribution is -2.40. The van der Waals surface area contributed by atoms with Gasteiger partial charge in [0.25, 0.3) is 5.91 Å². The monoisotopic (exact) mass is 487 g/mol. The van der Waals surface area contributed by atoms with Crippen LogP contribution in [-0.4, -0.2) is 56.5 Å². The molecule has 1 aromatic heterocycles. The number of aryl methyl sites for hydroxylation is 2. The lowest BCUT2D eigenvalue weighted by molar-refractivity contribution is -0.118. The molecular formula is C23H25N3O5S2. The van der Waals surface area contributed by atoms with E-state index in [9.17, 15) is 13.2 Å². The van der Waals surface area contributed by atoms with E-state index >= 15 is 0 Å². The molecule has 8 nitrogen and oxygen atoms in total. The number of nitrogens with one attached hydrogen (secondary N) is 1. The number of hydrogen-bond acceptors (Lipinski definition) is 7. The summed E-state index contributed by atoms with van der Waals surface area (Å²) in [4.78, 5) is 16.9. The van der Waals surface area contributed by atoms with Crippen molar-refractivity contribution < 1.29 is 22.7 Å². The second-order valence-electron chi connectivity index (χ2n) is 7.74. The summed E-state index contributed by atoms with van der Waals surface area (Å²) in [6, 6.07) is 12.4. The number of morpholine rings is 1. The van der Waals surface area contributed by atoms with Crippen LogP contribution in [0.2, 0.25) is 0 Å². The highest BCUT2D eigenvalue weighted by molar-refractivity contribution is 7.89. The first-order valence-electron chi connectivity index (χ1n) is 10.5. The van der Waals surface area contributed by atoms with Crippen molar-refractivity contribution >= 4 is 32.4 Å². The normalized spacial score (nSPS) is 14.7. The molecule has 10 heteroatoms. The van der Waals surface area contributed by atoms with E-state index in [0.717, 1.165) is 16.7 Å². The van der Waals surface area contributed by atoms with Crippen LogP contribution >= 0.6 is 11.3 Å². The molecule has 0 spiro atoms. The highest BCUT2D eigenvalue weighted by Crippen LogP contribution is 2.27. The second-order valence-corrected chi connectivity index (χ2v) is 10.5. The lowest BCUT2D eigenvalue weighted by atomic mass is 10.1. The summed E-state index contributed by atoms with van der Waals surface area (Å²) in [5.41, 5.74) is 3.55. The number of ether oxygens (including phenoxy) is 2. The fourth-order valence-electron chi connectivity index (χ4n) is 3.52. The molecule has 1 fully saturated rings. The van der Waals surface area contributed by atoms with E-state index < -0.39 is 10.0 Å². The zero-order valence-electron chi connectivity index (χ0n) is 18.4. The molecule has 0 aliphatic carbocycles. The van der Waals surface area contributed by atoms with Gasteiger partial charge in [-0.05, 0) is 49.2 Å². The van der Waals surface area contributed by atoms with Gasteiger partial charge in [0.15, 0.2) is 11.7 Å². The molecule has 0 saturated carbocycles. The maximum atomic E-state index is 12.8. The number of carbonyl (C=O) groups is 1. The van der Waals surface area contributed by atoms with Gasteiger partial charge in [-0.25, -0.2) is 13.4 Å². The summed E-state index contributed by atoms with van der Waals surface area (Å²) in [6.45, 7) is 5.34. The molecule has 0 bridgehead atoms. The molecule has 2 aromatic carbocycles. The number of sulfonamides is 1. The number of anilines is 1. The molecule has 1 N–H and O–H groups in total. The van der Waals surface area contributed by atoms with Crippen LogP contribution in [0.5, 0.6) is 5.75 Å². The summed E-state index contributed by atoms with van der Waals surface area (Å²) in [6.07, 6.45) is 0. The zero-order chi connectivity index (χ0) is 23.4. The average molecular weight is 488 g/mol. The third kappa shape index (κ3) is 5.77. The van der Waals surface area contributed by atoms with Crippen molar-refractivity contribution in [2.75, 3.05) is 38.2 Å². The third-order valence-electron chi connectivity index (χ3n) is 5.07. The molecule has 1 saturated heterocycles. The third-order valence-corrected chi connectivity index (χ3v) is 7.74. The Morgan fingerprint density at radius 2 is 1.79 bits per heavy atom. The van der Waals surface area contributed by atoms with E-state index in [1.54, 1.807) is 24.3 Å². The molecule has 1 aliphatic rings. The Morgan fingerprint density at radius 1 is 1.12 bits per heavy atom. The molecule has 0 unspecified atom stereocenters. The van der Waals surface area contributed by atoms with Crippen LogP contribution in [0.3, 0.4) is 0 Å². The zero-order valence-corrected chi connectivity index (χ0v) is 20.0. The van der Waals surface area contributed by atoms with Crippen LogP contribution in [0.25, 0.3) is 11.3 Å². The van der Waals surface area contributed by atoms with Crippen molar-refractivity contribution in [3.63, 3.8) is 0 Å². The predicted octanol–water partition coefficient (Wildman–Crippen LogP) is 3.47. The Balaban J connectivity index is 1.37. The number of hydrogen-bond donors (Lipinski definition) is 1. The predicted molar refractivity (Wildman–Crippen MR) is 127 cm³/mol. The van der Waals surface area contributed by atoms with Gasteiger partial charge in [-0.1, -0.05) is 18.2 Å². The molecule has 1 amide bonds. The minimum absolute atomic E-state index is 0.119. The molecule has 0 radical (unpaired) electrons. The molecule has 4 rings (SSSR count). The first-order valence-corrected chi connectivity index (χ1v) is 12.8. The maximum Gasteiger partial charge on any atom is 0.264 e. The standard InChI is InChI=1S/C23H25N3O5S2/c1-16-11-17(2)13-19(12-16)31-14-22(27)25-23-24-21(15-32-23)18-3-5-20(6-4-18)33(28,29)26-7-9-30-10-8-26/h3-6,11-13,15H,7-10,14H2,1-2H3,(H,24,25,27). The number of amides is 1. The van der Waals surface area contributed by atoms with Gasteiger partial charge in [-0.3, -0.25) is 10.1 Å². The van der Waals surface area contributed by atoms with Crippen LogP contribution in [0.4, 0.5) is 5.13 Å². The molecule has 1 aliphatic heterocycles. The number of benzene rings is 2. The molecule has 174 valence electrons. The quantitative estimate of drug-likeness (QED) is 0.548. The van der Waals surface area contributed by atoms with Crippen molar-refractivity contribution in [3.8, 4) is 17.0 Å². The number of carbonyl (C=O) groups excluding carboxylic acids is 1. The summed E-state index contributed by atoms with van der Waals surface area (Å²) in [5, 5.41) is 5.00. The Hall–Kier alpha value is -2.79. The number of rotatable bonds is 7. The fourth-order valence-corrected chi connectivity index (χ4v) is 5.66. The van der Waals surface area contributed by atoms with E-state index in [0.29, 0.717) is 42.9 Å². The van der Waals surface area contributed by atoms with Crippen LogP contribution < -0.4 is 10.1 Å². The van der Waals surface area contributed by atoms with Gasteiger partial charge in [-0.2, -0.15) is 4.31 Å². The topological polar surface area (TPSA) is 97.8 Å². The second kappa shape index (κ2) is 10.0. The Labute approximate surface area is 197 Å². The van der Waals surface area contributed by atoms with Gasteiger partial charge in [-0.15, -0.1) is 11.3 Å². The Kier molecular flexibility index (Phi) is 7.08. The minimum atomic E-state index is -3.54. The number of nitrogens with zero attached hydrogens (tertiary/aromatic N) is 2. The first kappa shape index (κ1) is 23.4. The summed E-state index contributed by atoms with van der Waals surface area (Å²) < 4.78 is 37.8. The van der Waals surface area contributed by atoms with Crippen molar-refractivity contribution in [3.05, 3.63) is 59.0 Å². The van der Waals surface area contributed by atoms with Gasteiger partial charge < -0.3 is 9.47 Å². The van der Waals surface area contributed by atoms with E-state index in [2.05, 4.69) is 10.3 Å². The van der Waals surface area contributed by atoms with Crippen LogP contribution in [0, 0.1) is 13.8 Å². The summed E-state index contributed by atoms with van der Waals surface area (Å²) in [7, 11) is -3.54. The van der Waals surface area contributed by atoms with Gasteiger partial charge >= 0.3 is 0 Å². The van der Waals surface area contributed by atoms with Crippen LogP contribution in [0.1, 0.15) is 11.1 Å². The van der Waals surface area contributed by atoms with Gasteiger partial charge in [0.1, 0.15) is 5.75 Å². The SMILES string of the molecule is Cc1cc(C)cc(OCC(=O)Nc2nc(-c3ccc(S(=O)(=O)N4CCOCC4)cc3)cs2)c1. The smallest absolute Gasteiger partial charge is 0.264 e. The molecule has 3 aromatic rings. The lowest BCUT2D eigenvalue weighted by Gasteiger charge is -2.26. The Bertz CT molecular complexity index is 1210. The molecule has 0 atom stereocenters. The highest BCUT2D eigenvalue weighted by Gasteiger charge is 2.26. The van der Waals surface area contributed by atoms with Crippen LogP contribution in [0.15, 0.2) is 52.7 Å². The van der Waals surface area contributed by atoms with Gasteiger partial charge in [0.05, 0.1) is 23.8 Å². The van der Waals surface area contributed by atoms with E-state index in [1.165, 1.54) is 15.6 Å². The molecule has 33 heavy (non-hydrogen) atoms. The maximum absolute atomic E-state index is 12.8. The van der Waals surface area contributed by atoms with Gasteiger partial charge in [0.2, 0.25) is 10.0 Å². The highest BCUT2D eigenvalue weighted by atomic mass is 32.2. The minimum Gasteiger partial charge on any atom is -0.484 e. The van der Waals surface area contributed by atoms with Gasteiger partial charge in [0, 0.05) is 24.0 Å². The van der Waals surface area contributed by atoms with Crippen molar-refractivity contribution in [2.45, 2.75) is 18.7 Å². The van der Waals surface area contributed by atoms with E-state index in [4.69, 9.17) is 9.47 Å².